The molecule has 0 radical (unpaired) electrons. The Morgan fingerprint density at radius 2 is 2.33 bits per heavy atom. The lowest BCUT2D eigenvalue weighted by Gasteiger charge is -2.14. The highest BCUT2D eigenvalue weighted by molar-refractivity contribution is 5.11. The van der Waals surface area contributed by atoms with Crippen molar-refractivity contribution in [2.45, 2.75) is 19.4 Å². The zero-order valence-corrected chi connectivity index (χ0v) is 5.62. The third-order valence-electron chi connectivity index (χ3n) is 1.63. The molecule has 1 N–H and O–H groups in total. The number of allylic oxidation sites excluding steroid dienone is 3. The van der Waals surface area contributed by atoms with E-state index in [0.29, 0.717) is 5.92 Å². The monoisotopic (exact) mass is 124 g/mol. The van der Waals surface area contributed by atoms with Crippen LogP contribution >= 0.6 is 0 Å². The zero-order chi connectivity index (χ0) is 6.69. The summed E-state index contributed by atoms with van der Waals surface area (Å²) in [5.41, 5.74) is 0. The van der Waals surface area contributed by atoms with E-state index in [9.17, 15) is 0 Å². The van der Waals surface area contributed by atoms with E-state index >= 15 is 0 Å². The molecule has 0 aromatic carbocycles. The van der Waals surface area contributed by atoms with E-state index in [1.807, 2.05) is 25.2 Å². The molecule has 0 heterocycles. The molecule has 0 spiro atoms. The van der Waals surface area contributed by atoms with Crippen molar-refractivity contribution in [2.24, 2.45) is 5.92 Å². The highest BCUT2D eigenvalue weighted by Gasteiger charge is 2.09. The van der Waals surface area contributed by atoms with E-state index in [-0.39, 0.29) is 6.10 Å². The first-order valence-electron chi connectivity index (χ1n) is 3.32. The second-order valence-electron chi connectivity index (χ2n) is 2.45. The second-order valence-corrected chi connectivity index (χ2v) is 2.45. The maximum absolute atomic E-state index is 9.09. The van der Waals surface area contributed by atoms with E-state index in [1.165, 1.54) is 0 Å². The zero-order valence-electron chi connectivity index (χ0n) is 5.62. The molecule has 1 nitrogen and oxygen atoms in total. The molecule has 0 bridgehead atoms. The van der Waals surface area contributed by atoms with E-state index in [4.69, 9.17) is 5.11 Å². The molecule has 0 aromatic heterocycles. The lowest BCUT2D eigenvalue weighted by molar-refractivity contribution is 0.149. The molecule has 1 aliphatic rings. The fraction of sp³-hybridized carbons (Fsp3) is 0.500. The second kappa shape index (κ2) is 2.83. The Hall–Kier alpha value is -0.560. The smallest absolute Gasteiger partial charge is 0.0577 e. The van der Waals surface area contributed by atoms with Crippen LogP contribution in [-0.2, 0) is 0 Å². The molecule has 0 aliphatic heterocycles. The van der Waals surface area contributed by atoms with Crippen molar-refractivity contribution in [2.75, 3.05) is 0 Å². The summed E-state index contributed by atoms with van der Waals surface area (Å²) in [6, 6.07) is 0. The molecule has 0 amide bonds. The molecule has 9 heavy (non-hydrogen) atoms. The predicted octanol–water partition coefficient (Wildman–Crippen LogP) is 1.50. The van der Waals surface area contributed by atoms with Gasteiger partial charge in [0.1, 0.15) is 0 Å². The number of hydrogen-bond donors (Lipinski definition) is 1. The summed E-state index contributed by atoms with van der Waals surface area (Å²) < 4.78 is 0. The van der Waals surface area contributed by atoms with Crippen LogP contribution in [-0.4, -0.2) is 11.2 Å². The summed E-state index contributed by atoms with van der Waals surface area (Å²) in [5, 5.41) is 9.09. The fourth-order valence-electron chi connectivity index (χ4n) is 0.957. The van der Waals surface area contributed by atoms with Crippen LogP contribution in [0.25, 0.3) is 0 Å². The minimum atomic E-state index is -0.203. The first kappa shape index (κ1) is 6.56. The summed E-state index contributed by atoms with van der Waals surface area (Å²) in [6.07, 6.45) is 8.90. The average Bonchev–Trinajstić information content (AvgIpc) is 1.90. The van der Waals surface area contributed by atoms with Gasteiger partial charge in [-0.15, -0.1) is 0 Å². The van der Waals surface area contributed by atoms with Crippen LogP contribution in [0.3, 0.4) is 0 Å². The number of aliphatic hydroxyl groups excluding tert-OH is 1. The SMILES string of the molecule is CC(O)C1C=CC=CC1. The van der Waals surface area contributed by atoms with Crippen molar-refractivity contribution in [1.29, 1.82) is 0 Å². The maximum Gasteiger partial charge on any atom is 0.0577 e. The summed E-state index contributed by atoms with van der Waals surface area (Å²) in [5.74, 6) is 0.343. The van der Waals surface area contributed by atoms with Gasteiger partial charge in [0.15, 0.2) is 0 Å². The van der Waals surface area contributed by atoms with Crippen LogP contribution in [0.1, 0.15) is 13.3 Å². The molecular weight excluding hydrogens is 112 g/mol. The van der Waals surface area contributed by atoms with E-state index in [1.54, 1.807) is 0 Å². The third-order valence-corrected chi connectivity index (χ3v) is 1.63. The Bertz CT molecular complexity index is 134. The van der Waals surface area contributed by atoms with Gasteiger partial charge in [0, 0.05) is 5.92 Å². The van der Waals surface area contributed by atoms with Gasteiger partial charge in [-0.3, -0.25) is 0 Å². The van der Waals surface area contributed by atoms with E-state index < -0.39 is 0 Å². The van der Waals surface area contributed by atoms with Gasteiger partial charge in [-0.05, 0) is 13.3 Å². The summed E-state index contributed by atoms with van der Waals surface area (Å²) in [4.78, 5) is 0. The average molecular weight is 124 g/mol. The van der Waals surface area contributed by atoms with Crippen molar-refractivity contribution in [1.82, 2.24) is 0 Å². The van der Waals surface area contributed by atoms with Crippen LogP contribution in [0.15, 0.2) is 24.3 Å². The molecular formula is C8H12O. The standard InChI is InChI=1S/C8H12O/c1-7(9)8-5-3-2-4-6-8/h2-5,7-9H,6H2,1H3. The minimum absolute atomic E-state index is 0.203. The van der Waals surface area contributed by atoms with Gasteiger partial charge in [-0.1, -0.05) is 24.3 Å². The van der Waals surface area contributed by atoms with Crippen LogP contribution in [0.2, 0.25) is 0 Å². The topological polar surface area (TPSA) is 20.2 Å². The molecule has 2 atom stereocenters. The lowest BCUT2D eigenvalue weighted by atomic mass is 9.96. The van der Waals surface area contributed by atoms with Gasteiger partial charge in [0.25, 0.3) is 0 Å². The molecule has 0 saturated carbocycles. The quantitative estimate of drug-likeness (QED) is 0.561. The molecule has 0 saturated heterocycles. The van der Waals surface area contributed by atoms with E-state index in [0.717, 1.165) is 6.42 Å². The van der Waals surface area contributed by atoms with E-state index in [2.05, 4.69) is 6.08 Å². The number of hydrogen-bond acceptors (Lipinski definition) is 1. The largest absolute Gasteiger partial charge is 0.393 e. The number of rotatable bonds is 1. The molecule has 0 aromatic rings. The first-order valence-corrected chi connectivity index (χ1v) is 3.32. The molecule has 1 aliphatic carbocycles. The highest BCUT2D eigenvalue weighted by atomic mass is 16.3. The van der Waals surface area contributed by atoms with Gasteiger partial charge in [0.05, 0.1) is 6.10 Å². The van der Waals surface area contributed by atoms with Crippen molar-refractivity contribution < 1.29 is 5.11 Å². The molecule has 1 heteroatoms. The molecule has 50 valence electrons. The Labute approximate surface area is 55.7 Å². The van der Waals surface area contributed by atoms with Gasteiger partial charge in [-0.25, -0.2) is 0 Å². The maximum atomic E-state index is 9.09. The van der Waals surface area contributed by atoms with Crippen LogP contribution in [0, 0.1) is 5.92 Å². The number of aliphatic hydroxyl groups is 1. The fourth-order valence-corrected chi connectivity index (χ4v) is 0.957. The first-order chi connectivity index (χ1) is 4.30. The van der Waals surface area contributed by atoms with Crippen molar-refractivity contribution >= 4 is 0 Å². The van der Waals surface area contributed by atoms with Gasteiger partial charge in [0.2, 0.25) is 0 Å². The predicted molar refractivity (Wildman–Crippen MR) is 38.1 cm³/mol. The Morgan fingerprint density at radius 1 is 1.56 bits per heavy atom. The van der Waals surface area contributed by atoms with Crippen LogP contribution < -0.4 is 0 Å². The molecule has 1 rings (SSSR count). The summed E-state index contributed by atoms with van der Waals surface area (Å²) in [6.45, 7) is 1.83. The van der Waals surface area contributed by atoms with Crippen molar-refractivity contribution in [3.8, 4) is 0 Å². The molecule has 2 unspecified atom stereocenters. The minimum Gasteiger partial charge on any atom is -0.393 e. The Kier molecular flexibility index (Phi) is 2.06. The van der Waals surface area contributed by atoms with Crippen molar-refractivity contribution in [3.63, 3.8) is 0 Å². The summed E-state index contributed by atoms with van der Waals surface area (Å²) in [7, 11) is 0. The van der Waals surface area contributed by atoms with Gasteiger partial charge < -0.3 is 5.11 Å². The normalized spacial score (nSPS) is 28.4. The Morgan fingerprint density at radius 3 is 2.67 bits per heavy atom. The highest BCUT2D eigenvalue weighted by Crippen LogP contribution is 2.14. The lowest BCUT2D eigenvalue weighted by Crippen LogP contribution is -2.14. The van der Waals surface area contributed by atoms with Crippen LogP contribution in [0.5, 0.6) is 0 Å². The molecule has 0 fully saturated rings. The summed E-state index contributed by atoms with van der Waals surface area (Å²) >= 11 is 0. The van der Waals surface area contributed by atoms with Crippen molar-refractivity contribution in [3.05, 3.63) is 24.3 Å². The van der Waals surface area contributed by atoms with Crippen LogP contribution in [0.4, 0.5) is 0 Å². The Balaban J connectivity index is 2.46. The van der Waals surface area contributed by atoms with Gasteiger partial charge >= 0.3 is 0 Å². The van der Waals surface area contributed by atoms with Gasteiger partial charge in [-0.2, -0.15) is 0 Å². The third kappa shape index (κ3) is 1.68.